The minimum atomic E-state index is 0. The van der Waals surface area contributed by atoms with Gasteiger partial charge in [-0.1, -0.05) is 31.2 Å². The highest BCUT2D eigenvalue weighted by atomic mass is 127. The fourth-order valence-corrected chi connectivity index (χ4v) is 4.46. The Morgan fingerprint density at radius 1 is 1.09 bits per heavy atom. The van der Waals surface area contributed by atoms with Crippen LogP contribution in [0.15, 0.2) is 29.3 Å². The van der Waals surface area contributed by atoms with Crippen molar-refractivity contribution in [2.45, 2.75) is 39.8 Å². The first-order valence-electron chi connectivity index (χ1n) is 11.9. The number of rotatable bonds is 10. The van der Waals surface area contributed by atoms with E-state index in [0.29, 0.717) is 13.2 Å². The van der Waals surface area contributed by atoms with Gasteiger partial charge in [0.2, 0.25) is 0 Å². The molecular weight excluding hydrogens is 517 g/mol. The molecule has 2 aliphatic rings. The Kier molecular flexibility index (Phi) is 12.2. The molecule has 182 valence electrons. The molecule has 2 aliphatic heterocycles. The van der Waals surface area contributed by atoms with Gasteiger partial charge in [-0.05, 0) is 37.4 Å². The van der Waals surface area contributed by atoms with Gasteiger partial charge >= 0.3 is 0 Å². The van der Waals surface area contributed by atoms with Crippen molar-refractivity contribution in [3.8, 4) is 0 Å². The van der Waals surface area contributed by atoms with Gasteiger partial charge in [-0.15, -0.1) is 24.0 Å². The molecule has 1 unspecified atom stereocenters. The van der Waals surface area contributed by atoms with Crippen molar-refractivity contribution < 1.29 is 9.84 Å². The highest BCUT2D eigenvalue weighted by molar-refractivity contribution is 14.0. The second-order valence-corrected chi connectivity index (χ2v) is 8.80. The summed E-state index contributed by atoms with van der Waals surface area (Å²) in [5, 5.41) is 16.3. The van der Waals surface area contributed by atoms with Crippen molar-refractivity contribution in [2.24, 2.45) is 10.4 Å². The molecule has 1 aromatic rings. The molecule has 0 bridgehead atoms. The third-order valence-electron chi connectivity index (χ3n) is 6.63. The zero-order chi connectivity index (χ0) is 21.9. The van der Waals surface area contributed by atoms with Crippen molar-refractivity contribution in [3.63, 3.8) is 0 Å². The number of nitrogens with zero attached hydrogens (tertiary/aromatic N) is 3. The molecule has 2 heterocycles. The lowest BCUT2D eigenvalue weighted by Gasteiger charge is -2.34. The summed E-state index contributed by atoms with van der Waals surface area (Å²) >= 11 is 0. The van der Waals surface area contributed by atoms with E-state index < -0.39 is 0 Å². The van der Waals surface area contributed by atoms with E-state index in [9.17, 15) is 5.11 Å². The zero-order valence-corrected chi connectivity index (χ0v) is 22.1. The van der Waals surface area contributed by atoms with Crippen molar-refractivity contribution >= 4 is 29.9 Å². The lowest BCUT2D eigenvalue weighted by molar-refractivity contribution is 0.127. The Hall–Kier alpha value is -0.940. The van der Waals surface area contributed by atoms with Crippen LogP contribution in [-0.2, 0) is 17.8 Å². The number of hydrogen-bond donors (Lipinski definition) is 3. The maximum atomic E-state index is 9.47. The van der Waals surface area contributed by atoms with Crippen LogP contribution in [0.4, 0.5) is 0 Å². The van der Waals surface area contributed by atoms with E-state index in [1.54, 1.807) is 0 Å². The molecule has 0 amide bonds. The third-order valence-corrected chi connectivity index (χ3v) is 6.63. The number of ether oxygens (including phenoxy) is 1. The summed E-state index contributed by atoms with van der Waals surface area (Å²) in [6, 6.07) is 8.68. The smallest absolute Gasteiger partial charge is 0.191 e. The summed E-state index contributed by atoms with van der Waals surface area (Å²) in [5.74, 6) is 0.832. The van der Waals surface area contributed by atoms with Gasteiger partial charge in [-0.25, -0.2) is 4.99 Å². The Morgan fingerprint density at radius 3 is 2.44 bits per heavy atom. The monoisotopic (exact) mass is 559 g/mol. The number of aliphatic imine (C=N–C) groups is 1. The van der Waals surface area contributed by atoms with Gasteiger partial charge in [0.1, 0.15) is 0 Å². The standard InChI is InChI=1S/C24H41N5O2.HI/c1-3-25-23(27-19-24(9-15-30)10-16-31-20-24)26-17-21-7-5-6-8-22(21)18-29-13-11-28(4-2)12-14-29;/h5-8,30H,3-4,9-20H2,1-2H3,(H2,25,26,27);1H. The second kappa shape index (κ2) is 14.3. The first-order valence-corrected chi connectivity index (χ1v) is 11.9. The van der Waals surface area contributed by atoms with Crippen LogP contribution in [0.25, 0.3) is 0 Å². The lowest BCUT2D eigenvalue weighted by atomic mass is 9.84. The van der Waals surface area contributed by atoms with Crippen LogP contribution in [0, 0.1) is 5.41 Å². The minimum Gasteiger partial charge on any atom is -0.396 e. The molecule has 0 saturated carbocycles. The van der Waals surface area contributed by atoms with E-state index >= 15 is 0 Å². The number of nitrogens with one attached hydrogen (secondary N) is 2. The van der Waals surface area contributed by atoms with E-state index in [1.165, 1.54) is 11.1 Å². The number of benzene rings is 1. The maximum absolute atomic E-state index is 9.47. The van der Waals surface area contributed by atoms with Gasteiger partial charge < -0.3 is 25.4 Å². The Balaban J connectivity index is 0.00000363. The molecule has 2 fully saturated rings. The van der Waals surface area contributed by atoms with Crippen LogP contribution in [-0.4, -0.2) is 86.5 Å². The number of halogens is 1. The average Bonchev–Trinajstić information content (AvgIpc) is 3.26. The van der Waals surface area contributed by atoms with Gasteiger partial charge in [0.15, 0.2) is 5.96 Å². The van der Waals surface area contributed by atoms with E-state index in [2.05, 4.69) is 58.5 Å². The van der Waals surface area contributed by atoms with Gasteiger partial charge in [-0.3, -0.25) is 4.90 Å². The summed E-state index contributed by atoms with van der Waals surface area (Å²) < 4.78 is 5.62. The maximum Gasteiger partial charge on any atom is 0.191 e. The molecule has 1 aromatic carbocycles. The normalized spacial score (nSPS) is 22.5. The van der Waals surface area contributed by atoms with Gasteiger partial charge in [0, 0.05) is 64.4 Å². The minimum absolute atomic E-state index is 0. The highest BCUT2D eigenvalue weighted by Crippen LogP contribution is 2.31. The molecule has 7 nitrogen and oxygen atoms in total. The predicted octanol–water partition coefficient (Wildman–Crippen LogP) is 2.29. The van der Waals surface area contributed by atoms with Crippen LogP contribution >= 0.6 is 24.0 Å². The third kappa shape index (κ3) is 8.13. The highest BCUT2D eigenvalue weighted by Gasteiger charge is 2.34. The number of hydrogen-bond acceptors (Lipinski definition) is 5. The largest absolute Gasteiger partial charge is 0.396 e. The number of piperazine rings is 1. The number of guanidine groups is 1. The number of likely N-dealkylation sites (N-methyl/N-ethyl adjacent to an activating group) is 1. The lowest BCUT2D eigenvalue weighted by Crippen LogP contribution is -2.45. The first-order chi connectivity index (χ1) is 15.2. The van der Waals surface area contributed by atoms with E-state index in [-0.39, 0.29) is 36.0 Å². The Labute approximate surface area is 211 Å². The van der Waals surface area contributed by atoms with Gasteiger partial charge in [0.25, 0.3) is 0 Å². The fraction of sp³-hybridized carbons (Fsp3) is 0.708. The molecule has 0 radical (unpaired) electrons. The van der Waals surface area contributed by atoms with Crippen molar-refractivity contribution in [3.05, 3.63) is 35.4 Å². The Morgan fingerprint density at radius 2 is 1.81 bits per heavy atom. The van der Waals surface area contributed by atoms with Crippen LogP contribution in [0.2, 0.25) is 0 Å². The van der Waals surface area contributed by atoms with E-state index in [4.69, 9.17) is 9.73 Å². The van der Waals surface area contributed by atoms with Crippen LogP contribution in [0.3, 0.4) is 0 Å². The van der Waals surface area contributed by atoms with Gasteiger partial charge in [0.05, 0.1) is 13.2 Å². The molecule has 2 saturated heterocycles. The molecule has 0 aromatic heterocycles. The molecule has 1 atom stereocenters. The summed E-state index contributed by atoms with van der Waals surface area (Å²) in [7, 11) is 0. The van der Waals surface area contributed by atoms with Crippen LogP contribution in [0.1, 0.15) is 37.8 Å². The second-order valence-electron chi connectivity index (χ2n) is 8.80. The summed E-state index contributed by atoms with van der Waals surface area (Å²) in [6.07, 6.45) is 1.74. The summed E-state index contributed by atoms with van der Waals surface area (Å²) in [4.78, 5) is 9.95. The zero-order valence-electron chi connectivity index (χ0n) is 19.8. The molecule has 3 rings (SSSR count). The van der Waals surface area contributed by atoms with Crippen LogP contribution < -0.4 is 10.6 Å². The van der Waals surface area contributed by atoms with E-state index in [0.717, 1.165) is 77.8 Å². The quantitative estimate of drug-likeness (QED) is 0.232. The van der Waals surface area contributed by atoms with E-state index in [1.807, 2.05) is 0 Å². The molecule has 0 aliphatic carbocycles. The number of aliphatic hydroxyl groups excluding tert-OH is 1. The Bertz CT molecular complexity index is 689. The fourth-order valence-electron chi connectivity index (χ4n) is 4.46. The van der Waals surface area contributed by atoms with Gasteiger partial charge in [-0.2, -0.15) is 0 Å². The number of aliphatic hydroxyl groups is 1. The first kappa shape index (κ1) is 27.3. The molecule has 32 heavy (non-hydrogen) atoms. The SMILES string of the molecule is CCNC(=NCc1ccccc1CN1CCN(CC)CC1)NCC1(CCO)CCOC1.I. The summed E-state index contributed by atoms with van der Waals surface area (Å²) in [5.41, 5.74) is 2.66. The molecular formula is C24H42IN5O2. The van der Waals surface area contributed by atoms with Crippen molar-refractivity contribution in [1.82, 2.24) is 20.4 Å². The predicted molar refractivity (Wildman–Crippen MR) is 142 cm³/mol. The van der Waals surface area contributed by atoms with Crippen molar-refractivity contribution in [1.29, 1.82) is 0 Å². The van der Waals surface area contributed by atoms with Crippen LogP contribution in [0.5, 0.6) is 0 Å². The average molecular weight is 560 g/mol. The molecule has 0 spiro atoms. The van der Waals surface area contributed by atoms with Crippen molar-refractivity contribution in [2.75, 3.05) is 65.6 Å². The summed E-state index contributed by atoms with van der Waals surface area (Å²) in [6.45, 7) is 14.9. The molecule has 3 N–H and O–H groups in total. The topological polar surface area (TPSA) is 72.4 Å². The molecule has 8 heteroatoms.